The van der Waals surface area contributed by atoms with Crippen molar-refractivity contribution < 1.29 is 4.74 Å². The fourth-order valence-corrected chi connectivity index (χ4v) is 4.01. The number of fused-ring (bicyclic) bond motifs is 1. The highest BCUT2D eigenvalue weighted by atomic mass is 35.5. The lowest BCUT2D eigenvalue weighted by Gasteiger charge is -2.19. The number of hydrogen-bond donors (Lipinski definition) is 3. The molecule has 0 saturated carbocycles. The van der Waals surface area contributed by atoms with E-state index in [1.54, 1.807) is 0 Å². The van der Waals surface area contributed by atoms with Crippen LogP contribution in [0.1, 0.15) is 12.0 Å². The monoisotopic (exact) mass is 433 g/mol. The Labute approximate surface area is 186 Å². The molecule has 1 aliphatic rings. The highest BCUT2D eigenvalue weighted by molar-refractivity contribution is 6.30. The van der Waals surface area contributed by atoms with Crippen molar-refractivity contribution >= 4 is 40.0 Å². The number of aromatic amines is 1. The van der Waals surface area contributed by atoms with Gasteiger partial charge in [-0.15, -0.1) is 0 Å². The van der Waals surface area contributed by atoms with Crippen molar-refractivity contribution in [3.63, 3.8) is 0 Å². The van der Waals surface area contributed by atoms with Crippen LogP contribution >= 0.6 is 11.6 Å². The van der Waals surface area contributed by atoms with Gasteiger partial charge < -0.3 is 25.7 Å². The summed E-state index contributed by atoms with van der Waals surface area (Å²) in [6, 6.07) is 21.9. The van der Waals surface area contributed by atoms with Crippen LogP contribution in [0.15, 0.2) is 66.7 Å². The fourth-order valence-electron chi connectivity index (χ4n) is 3.89. The minimum absolute atomic E-state index is 0.185. The number of rotatable bonds is 6. The zero-order valence-electron chi connectivity index (χ0n) is 17.0. The smallest absolute Gasteiger partial charge is 0.201 e. The van der Waals surface area contributed by atoms with Crippen molar-refractivity contribution in [2.75, 3.05) is 29.0 Å². The summed E-state index contributed by atoms with van der Waals surface area (Å²) in [5.41, 5.74) is 10.8. The third-order valence-corrected chi connectivity index (χ3v) is 5.78. The van der Waals surface area contributed by atoms with Gasteiger partial charge in [-0.25, -0.2) is 4.98 Å². The molecule has 7 heteroatoms. The summed E-state index contributed by atoms with van der Waals surface area (Å²) in [6.45, 7) is 2.55. The summed E-state index contributed by atoms with van der Waals surface area (Å²) in [5.74, 6) is 1.61. The lowest BCUT2D eigenvalue weighted by Crippen LogP contribution is -2.24. The highest BCUT2D eigenvalue weighted by Gasteiger charge is 2.24. The summed E-state index contributed by atoms with van der Waals surface area (Å²) in [5, 5.41) is 4.07. The number of benzene rings is 3. The molecule has 5 rings (SSSR count). The molecule has 1 fully saturated rings. The lowest BCUT2D eigenvalue weighted by atomic mass is 10.2. The summed E-state index contributed by atoms with van der Waals surface area (Å²) in [7, 11) is 0. The molecule has 1 aliphatic heterocycles. The molecule has 0 aliphatic carbocycles. The minimum atomic E-state index is 0.185. The van der Waals surface area contributed by atoms with Crippen molar-refractivity contribution in [1.29, 1.82) is 0 Å². The van der Waals surface area contributed by atoms with Crippen LogP contribution in [0.2, 0.25) is 5.02 Å². The molecular formula is C24H24ClN5O. The van der Waals surface area contributed by atoms with Crippen LogP contribution in [0, 0.1) is 0 Å². The van der Waals surface area contributed by atoms with Gasteiger partial charge in [0.05, 0.1) is 17.6 Å². The zero-order chi connectivity index (χ0) is 21.2. The molecule has 1 atom stereocenters. The van der Waals surface area contributed by atoms with Gasteiger partial charge in [0.25, 0.3) is 0 Å². The lowest BCUT2D eigenvalue weighted by molar-refractivity contribution is 0.225. The van der Waals surface area contributed by atoms with E-state index in [9.17, 15) is 0 Å². The zero-order valence-corrected chi connectivity index (χ0v) is 17.8. The van der Waals surface area contributed by atoms with E-state index in [2.05, 4.69) is 44.5 Å². The number of nitrogens with two attached hydrogens (primary N) is 1. The Hall–Kier alpha value is -3.38. The maximum atomic E-state index is 6.10. The molecule has 0 radical (unpaired) electrons. The van der Waals surface area contributed by atoms with Crippen molar-refractivity contribution in [3.05, 3.63) is 77.3 Å². The van der Waals surface area contributed by atoms with Crippen LogP contribution in [0.3, 0.4) is 0 Å². The third kappa shape index (κ3) is 4.54. The van der Waals surface area contributed by atoms with Crippen LogP contribution in [-0.2, 0) is 6.54 Å². The normalized spacial score (nSPS) is 16.0. The Morgan fingerprint density at radius 1 is 1.10 bits per heavy atom. The van der Waals surface area contributed by atoms with E-state index in [0.717, 1.165) is 53.0 Å². The topological polar surface area (TPSA) is 79.2 Å². The number of aromatic nitrogens is 2. The van der Waals surface area contributed by atoms with Gasteiger partial charge in [0, 0.05) is 35.9 Å². The first-order chi connectivity index (χ1) is 15.1. The average Bonchev–Trinajstić information content (AvgIpc) is 3.41. The number of ether oxygens (including phenoxy) is 1. The molecule has 4 aromatic rings. The van der Waals surface area contributed by atoms with Crippen LogP contribution in [-0.4, -0.2) is 29.2 Å². The van der Waals surface area contributed by atoms with Crippen molar-refractivity contribution in [2.45, 2.75) is 19.1 Å². The summed E-state index contributed by atoms with van der Waals surface area (Å²) >= 11 is 5.95. The molecule has 2 heterocycles. The first kappa shape index (κ1) is 19.6. The second-order valence-electron chi connectivity index (χ2n) is 7.81. The minimum Gasteiger partial charge on any atom is -0.489 e. The summed E-state index contributed by atoms with van der Waals surface area (Å²) in [6.07, 6.45) is 1.19. The van der Waals surface area contributed by atoms with E-state index >= 15 is 0 Å². The molecule has 4 N–H and O–H groups in total. The van der Waals surface area contributed by atoms with Gasteiger partial charge in [-0.3, -0.25) is 0 Å². The molecule has 3 aromatic carbocycles. The molecule has 1 saturated heterocycles. The van der Waals surface area contributed by atoms with Gasteiger partial charge in [0.15, 0.2) is 0 Å². The predicted molar refractivity (Wildman–Crippen MR) is 127 cm³/mol. The first-order valence-corrected chi connectivity index (χ1v) is 10.8. The van der Waals surface area contributed by atoms with Crippen molar-refractivity contribution in [1.82, 2.24) is 9.97 Å². The highest BCUT2D eigenvalue weighted by Crippen LogP contribution is 2.25. The third-order valence-electron chi connectivity index (χ3n) is 5.53. The first-order valence-electron chi connectivity index (χ1n) is 10.4. The molecule has 31 heavy (non-hydrogen) atoms. The number of imidazole rings is 1. The summed E-state index contributed by atoms with van der Waals surface area (Å²) < 4.78 is 6.10. The van der Waals surface area contributed by atoms with Crippen molar-refractivity contribution in [2.24, 2.45) is 0 Å². The standard InChI is InChI=1S/C24H24ClN5O/c25-17-3-8-20(9-4-17)31-21-11-12-30(15-21)19-6-1-16(2-7-19)14-27-24-28-22-10-5-18(26)13-23(22)29-24/h1-10,13,21H,11-12,14-15,26H2,(H2,27,28,29). The van der Waals surface area contributed by atoms with E-state index in [0.29, 0.717) is 6.54 Å². The van der Waals surface area contributed by atoms with Crippen molar-refractivity contribution in [3.8, 4) is 5.75 Å². The Kier molecular flexibility index (Phi) is 5.30. The Balaban J connectivity index is 1.16. The number of nitrogens with zero attached hydrogens (tertiary/aromatic N) is 2. The average molecular weight is 434 g/mol. The van der Waals surface area contributed by atoms with Gasteiger partial charge in [-0.05, 0) is 60.2 Å². The molecule has 6 nitrogen and oxygen atoms in total. The van der Waals surface area contributed by atoms with Gasteiger partial charge in [-0.2, -0.15) is 0 Å². The number of anilines is 3. The fraction of sp³-hybridized carbons (Fsp3) is 0.208. The number of H-pyrrole nitrogens is 1. The SMILES string of the molecule is Nc1ccc2nc(NCc3ccc(N4CCC(Oc5ccc(Cl)cc5)C4)cc3)[nH]c2c1. The molecule has 0 bridgehead atoms. The molecular weight excluding hydrogens is 410 g/mol. The quantitative estimate of drug-likeness (QED) is 0.370. The maximum absolute atomic E-state index is 6.10. The Bertz CT molecular complexity index is 1170. The number of nitrogen functional groups attached to an aromatic ring is 1. The predicted octanol–water partition coefficient (Wildman–Crippen LogP) is 5.07. The van der Waals surface area contributed by atoms with E-state index < -0.39 is 0 Å². The molecule has 0 spiro atoms. The van der Waals surface area contributed by atoms with Crippen LogP contribution < -0.4 is 20.7 Å². The van der Waals surface area contributed by atoms with E-state index in [-0.39, 0.29) is 6.10 Å². The second kappa shape index (κ2) is 8.40. The maximum Gasteiger partial charge on any atom is 0.201 e. The largest absolute Gasteiger partial charge is 0.489 e. The van der Waals surface area contributed by atoms with Gasteiger partial charge in [0.1, 0.15) is 11.9 Å². The number of hydrogen-bond acceptors (Lipinski definition) is 5. The van der Waals surface area contributed by atoms with Crippen LogP contribution in [0.25, 0.3) is 11.0 Å². The van der Waals surface area contributed by atoms with Gasteiger partial charge in [-0.1, -0.05) is 23.7 Å². The second-order valence-corrected chi connectivity index (χ2v) is 8.25. The Morgan fingerprint density at radius 2 is 1.90 bits per heavy atom. The van der Waals surface area contributed by atoms with E-state index in [1.807, 2.05) is 42.5 Å². The number of nitrogens with one attached hydrogen (secondary N) is 2. The van der Waals surface area contributed by atoms with Crippen LogP contribution in [0.4, 0.5) is 17.3 Å². The molecule has 0 amide bonds. The Morgan fingerprint density at radius 3 is 2.71 bits per heavy atom. The van der Waals surface area contributed by atoms with E-state index in [4.69, 9.17) is 22.1 Å². The molecule has 1 aromatic heterocycles. The number of halogens is 1. The molecule has 158 valence electrons. The van der Waals surface area contributed by atoms with Crippen LogP contribution in [0.5, 0.6) is 5.75 Å². The molecule has 1 unspecified atom stereocenters. The van der Waals surface area contributed by atoms with Gasteiger partial charge >= 0.3 is 0 Å². The van der Waals surface area contributed by atoms with Gasteiger partial charge in [0.2, 0.25) is 5.95 Å². The summed E-state index contributed by atoms with van der Waals surface area (Å²) in [4.78, 5) is 10.2. The van der Waals surface area contributed by atoms with E-state index in [1.165, 1.54) is 11.3 Å².